The highest BCUT2D eigenvalue weighted by molar-refractivity contribution is 6.02. The molecule has 2 amide bonds. The van der Waals surface area contributed by atoms with Gasteiger partial charge in [-0.1, -0.05) is 25.1 Å². The van der Waals surface area contributed by atoms with Crippen LogP contribution in [0, 0.1) is 0 Å². The summed E-state index contributed by atoms with van der Waals surface area (Å²) in [7, 11) is 0. The highest BCUT2D eigenvalue weighted by Gasteiger charge is 2.27. The fourth-order valence-corrected chi connectivity index (χ4v) is 3.53. The average molecular weight is 396 g/mol. The van der Waals surface area contributed by atoms with Crippen molar-refractivity contribution in [3.63, 3.8) is 0 Å². The summed E-state index contributed by atoms with van der Waals surface area (Å²) < 4.78 is 16.9. The summed E-state index contributed by atoms with van der Waals surface area (Å²) >= 11 is 0. The fourth-order valence-electron chi connectivity index (χ4n) is 3.53. The normalized spacial score (nSPS) is 16.3. The van der Waals surface area contributed by atoms with Crippen LogP contribution >= 0.6 is 0 Å². The zero-order valence-corrected chi connectivity index (χ0v) is 16.3. The first-order chi connectivity index (χ1) is 14.2. The maximum absolute atomic E-state index is 12.8. The third-order valence-corrected chi connectivity index (χ3v) is 5.03. The quantitative estimate of drug-likeness (QED) is 0.841. The van der Waals surface area contributed by atoms with Gasteiger partial charge >= 0.3 is 0 Å². The van der Waals surface area contributed by atoms with Crippen molar-refractivity contribution in [1.82, 2.24) is 5.32 Å². The van der Waals surface area contributed by atoms with Gasteiger partial charge in [0.15, 0.2) is 18.1 Å². The second-order valence-corrected chi connectivity index (χ2v) is 7.02. The molecule has 0 unspecified atom stereocenters. The van der Waals surface area contributed by atoms with Crippen molar-refractivity contribution in [3.8, 4) is 17.2 Å². The smallest absolute Gasteiger partial charge is 0.265 e. The minimum atomic E-state index is -0.234. The van der Waals surface area contributed by atoms with Gasteiger partial charge in [-0.15, -0.1) is 0 Å². The molecule has 2 aromatic carbocycles. The Morgan fingerprint density at radius 3 is 2.69 bits per heavy atom. The van der Waals surface area contributed by atoms with E-state index >= 15 is 0 Å². The highest BCUT2D eigenvalue weighted by Crippen LogP contribution is 2.33. The maximum atomic E-state index is 12.8. The van der Waals surface area contributed by atoms with Crippen LogP contribution in [0.2, 0.25) is 0 Å². The molecule has 0 aliphatic carbocycles. The summed E-state index contributed by atoms with van der Waals surface area (Å²) in [6.45, 7) is 3.13. The van der Waals surface area contributed by atoms with Crippen molar-refractivity contribution in [2.24, 2.45) is 0 Å². The number of para-hydroxylation sites is 2. The lowest BCUT2D eigenvalue weighted by atomic mass is 10.0. The Morgan fingerprint density at radius 1 is 1.07 bits per heavy atom. The Hall–Kier alpha value is -3.22. The Bertz CT molecular complexity index is 914. The van der Waals surface area contributed by atoms with E-state index in [-0.39, 0.29) is 31.0 Å². The molecule has 1 atom stereocenters. The first kappa shape index (κ1) is 19.1. The van der Waals surface area contributed by atoms with E-state index in [1.54, 1.807) is 12.1 Å². The third kappa shape index (κ3) is 4.13. The first-order valence-corrected chi connectivity index (χ1v) is 9.87. The van der Waals surface area contributed by atoms with E-state index in [4.69, 9.17) is 14.2 Å². The third-order valence-electron chi connectivity index (χ3n) is 5.03. The van der Waals surface area contributed by atoms with Crippen molar-refractivity contribution in [2.75, 3.05) is 31.3 Å². The number of hydrogen-bond acceptors (Lipinski definition) is 5. The van der Waals surface area contributed by atoms with Gasteiger partial charge in [0.05, 0.1) is 24.9 Å². The summed E-state index contributed by atoms with van der Waals surface area (Å²) in [6, 6.07) is 12.8. The molecule has 7 nitrogen and oxygen atoms in total. The molecule has 0 radical (unpaired) electrons. The molecule has 0 saturated heterocycles. The molecule has 7 heteroatoms. The zero-order valence-electron chi connectivity index (χ0n) is 16.3. The second kappa shape index (κ2) is 8.43. The number of rotatable bonds is 5. The molecular formula is C22H24N2O5. The standard InChI is InChI=1S/C22H24N2O5/c1-2-16(15-8-9-19-20(12-15)28-11-5-10-27-19)23-21(25)13-24-17-6-3-4-7-18(17)29-14-22(24)26/h3-4,6-9,12,16H,2,5,10-11,13-14H2,1H3,(H,23,25)/t16-/m1/s1. The SMILES string of the molecule is CC[C@@H](NC(=O)CN1C(=O)COc2ccccc21)c1ccc2c(c1)OCCCO2. The molecule has 152 valence electrons. The summed E-state index contributed by atoms with van der Waals surface area (Å²) in [6.07, 6.45) is 1.55. The lowest BCUT2D eigenvalue weighted by molar-refractivity contribution is -0.125. The van der Waals surface area contributed by atoms with Crippen LogP contribution in [0.3, 0.4) is 0 Å². The Morgan fingerprint density at radius 2 is 1.86 bits per heavy atom. The van der Waals surface area contributed by atoms with Crippen LogP contribution in [-0.2, 0) is 9.59 Å². The van der Waals surface area contributed by atoms with E-state index in [1.807, 2.05) is 37.3 Å². The molecule has 0 spiro atoms. The number of hydrogen-bond donors (Lipinski definition) is 1. The van der Waals surface area contributed by atoms with Crippen LogP contribution in [0.15, 0.2) is 42.5 Å². The molecule has 0 saturated carbocycles. The number of amides is 2. The van der Waals surface area contributed by atoms with Crippen molar-refractivity contribution in [1.29, 1.82) is 0 Å². The predicted octanol–water partition coefficient (Wildman–Crippen LogP) is 2.84. The molecule has 2 aliphatic rings. The van der Waals surface area contributed by atoms with Crippen LogP contribution < -0.4 is 24.4 Å². The van der Waals surface area contributed by atoms with Gasteiger partial charge in [-0.25, -0.2) is 0 Å². The molecule has 2 heterocycles. The molecule has 0 fully saturated rings. The number of carbonyl (C=O) groups excluding carboxylic acids is 2. The predicted molar refractivity (Wildman–Crippen MR) is 108 cm³/mol. The summed E-state index contributed by atoms with van der Waals surface area (Å²) in [5.41, 5.74) is 1.56. The Balaban J connectivity index is 1.47. The zero-order chi connectivity index (χ0) is 20.2. The molecule has 2 aliphatic heterocycles. The van der Waals surface area contributed by atoms with E-state index in [1.165, 1.54) is 4.90 Å². The van der Waals surface area contributed by atoms with Gasteiger partial charge in [0.2, 0.25) is 5.91 Å². The minimum absolute atomic E-state index is 0.0553. The van der Waals surface area contributed by atoms with E-state index in [2.05, 4.69) is 5.32 Å². The van der Waals surface area contributed by atoms with E-state index < -0.39 is 0 Å². The van der Waals surface area contributed by atoms with Crippen LogP contribution in [0.5, 0.6) is 17.2 Å². The first-order valence-electron chi connectivity index (χ1n) is 9.87. The molecule has 0 bridgehead atoms. The fraction of sp³-hybridized carbons (Fsp3) is 0.364. The minimum Gasteiger partial charge on any atom is -0.490 e. The lowest BCUT2D eigenvalue weighted by Gasteiger charge is -2.29. The van der Waals surface area contributed by atoms with Crippen molar-refractivity contribution in [2.45, 2.75) is 25.8 Å². The van der Waals surface area contributed by atoms with Crippen LogP contribution in [-0.4, -0.2) is 38.2 Å². The summed E-state index contributed by atoms with van der Waals surface area (Å²) in [5, 5.41) is 3.03. The highest BCUT2D eigenvalue weighted by atomic mass is 16.5. The molecule has 29 heavy (non-hydrogen) atoms. The number of carbonyl (C=O) groups is 2. The number of anilines is 1. The van der Waals surface area contributed by atoms with Crippen LogP contribution in [0.4, 0.5) is 5.69 Å². The van der Waals surface area contributed by atoms with Gasteiger partial charge in [-0.3, -0.25) is 14.5 Å². The number of nitrogens with one attached hydrogen (secondary N) is 1. The molecule has 1 N–H and O–H groups in total. The van der Waals surface area contributed by atoms with Crippen LogP contribution in [0.25, 0.3) is 0 Å². The number of benzene rings is 2. The molecule has 4 rings (SSSR count). The largest absolute Gasteiger partial charge is 0.490 e. The molecule has 2 aromatic rings. The second-order valence-electron chi connectivity index (χ2n) is 7.02. The van der Waals surface area contributed by atoms with Gasteiger partial charge in [-0.05, 0) is 36.2 Å². The lowest BCUT2D eigenvalue weighted by Crippen LogP contribution is -2.45. The van der Waals surface area contributed by atoms with Crippen LogP contribution in [0.1, 0.15) is 31.4 Å². The molecule has 0 aromatic heterocycles. The van der Waals surface area contributed by atoms with Gasteiger partial charge in [0.25, 0.3) is 5.91 Å². The number of nitrogens with zero attached hydrogens (tertiary/aromatic N) is 1. The van der Waals surface area contributed by atoms with E-state index in [0.717, 1.165) is 17.7 Å². The number of fused-ring (bicyclic) bond motifs is 2. The molecular weight excluding hydrogens is 372 g/mol. The van der Waals surface area contributed by atoms with Gasteiger partial charge in [-0.2, -0.15) is 0 Å². The summed E-state index contributed by atoms with van der Waals surface area (Å²) in [4.78, 5) is 26.5. The van der Waals surface area contributed by atoms with Gasteiger partial charge in [0.1, 0.15) is 12.3 Å². The number of ether oxygens (including phenoxy) is 3. The van der Waals surface area contributed by atoms with Crippen molar-refractivity contribution in [3.05, 3.63) is 48.0 Å². The Labute approximate surface area is 169 Å². The Kier molecular flexibility index (Phi) is 5.55. The van der Waals surface area contributed by atoms with Gasteiger partial charge < -0.3 is 19.5 Å². The van der Waals surface area contributed by atoms with Gasteiger partial charge in [0, 0.05) is 6.42 Å². The topological polar surface area (TPSA) is 77.1 Å². The van der Waals surface area contributed by atoms with E-state index in [0.29, 0.717) is 36.8 Å². The van der Waals surface area contributed by atoms with Crippen molar-refractivity contribution < 1.29 is 23.8 Å². The maximum Gasteiger partial charge on any atom is 0.265 e. The van der Waals surface area contributed by atoms with E-state index in [9.17, 15) is 9.59 Å². The van der Waals surface area contributed by atoms with Crippen molar-refractivity contribution >= 4 is 17.5 Å². The summed E-state index contributed by atoms with van der Waals surface area (Å²) in [5.74, 6) is 1.57. The monoisotopic (exact) mass is 396 g/mol. The average Bonchev–Trinajstić information content (AvgIpc) is 2.99.